The highest BCUT2D eigenvalue weighted by Gasteiger charge is 2.43. The monoisotopic (exact) mass is 197 g/mol. The van der Waals surface area contributed by atoms with Crippen LogP contribution in [-0.2, 0) is 0 Å². The third kappa shape index (κ3) is 2.29. The third-order valence-corrected chi connectivity index (χ3v) is 4.03. The minimum Gasteiger partial charge on any atom is -0.394 e. The van der Waals surface area contributed by atoms with Crippen LogP contribution in [0.1, 0.15) is 51.9 Å². The molecule has 2 rings (SSSR count). The van der Waals surface area contributed by atoms with E-state index in [0.29, 0.717) is 12.6 Å². The number of hydrogen-bond acceptors (Lipinski definition) is 2. The van der Waals surface area contributed by atoms with Crippen molar-refractivity contribution in [3.05, 3.63) is 0 Å². The molecule has 0 spiro atoms. The molecular weight excluding hydrogens is 174 g/mol. The van der Waals surface area contributed by atoms with Gasteiger partial charge in [0.25, 0.3) is 0 Å². The number of aliphatic hydroxyl groups excluding tert-OH is 1. The van der Waals surface area contributed by atoms with Crippen LogP contribution < -0.4 is 5.32 Å². The van der Waals surface area contributed by atoms with E-state index in [9.17, 15) is 5.11 Å². The lowest BCUT2D eigenvalue weighted by Crippen LogP contribution is -2.44. The Morgan fingerprint density at radius 3 is 2.71 bits per heavy atom. The van der Waals surface area contributed by atoms with Gasteiger partial charge in [-0.25, -0.2) is 0 Å². The Hall–Kier alpha value is -0.0800. The lowest BCUT2D eigenvalue weighted by atomic mass is 9.84. The Kier molecular flexibility index (Phi) is 3.13. The van der Waals surface area contributed by atoms with Crippen molar-refractivity contribution in [2.75, 3.05) is 6.61 Å². The van der Waals surface area contributed by atoms with Crippen LogP contribution in [0.5, 0.6) is 0 Å². The average Bonchev–Trinajstić information content (AvgIpc) is 2.99. The lowest BCUT2D eigenvalue weighted by Gasteiger charge is -2.32. The van der Waals surface area contributed by atoms with Gasteiger partial charge in [0.1, 0.15) is 0 Å². The van der Waals surface area contributed by atoms with E-state index in [2.05, 4.69) is 12.2 Å². The van der Waals surface area contributed by atoms with Crippen LogP contribution in [0.4, 0.5) is 0 Å². The molecule has 2 saturated carbocycles. The second kappa shape index (κ2) is 4.19. The van der Waals surface area contributed by atoms with Gasteiger partial charge < -0.3 is 10.4 Å². The molecule has 0 amide bonds. The van der Waals surface area contributed by atoms with E-state index >= 15 is 0 Å². The zero-order chi connectivity index (χ0) is 10.0. The molecule has 0 saturated heterocycles. The van der Waals surface area contributed by atoms with Gasteiger partial charge in [0, 0.05) is 11.6 Å². The molecule has 2 fully saturated rings. The minimum atomic E-state index is 0.139. The molecule has 0 aromatic heterocycles. The summed E-state index contributed by atoms with van der Waals surface area (Å²) in [5.74, 6) is 0.927. The second-order valence-corrected chi connectivity index (χ2v) is 5.22. The molecule has 0 aromatic rings. The highest BCUT2D eigenvalue weighted by Crippen LogP contribution is 2.37. The van der Waals surface area contributed by atoms with E-state index in [1.807, 2.05) is 0 Å². The third-order valence-electron chi connectivity index (χ3n) is 4.03. The molecule has 14 heavy (non-hydrogen) atoms. The highest BCUT2D eigenvalue weighted by molar-refractivity contribution is 5.03. The molecule has 0 aromatic carbocycles. The summed E-state index contributed by atoms with van der Waals surface area (Å²) in [6, 6.07) is 0.684. The molecule has 0 bridgehead atoms. The van der Waals surface area contributed by atoms with Crippen molar-refractivity contribution in [1.82, 2.24) is 5.32 Å². The quantitative estimate of drug-likeness (QED) is 0.723. The summed E-state index contributed by atoms with van der Waals surface area (Å²) in [5, 5.41) is 12.9. The van der Waals surface area contributed by atoms with Crippen LogP contribution in [-0.4, -0.2) is 23.3 Å². The van der Waals surface area contributed by atoms with Crippen molar-refractivity contribution in [3.8, 4) is 0 Å². The molecule has 0 radical (unpaired) electrons. The lowest BCUT2D eigenvalue weighted by molar-refractivity contribution is 0.190. The zero-order valence-electron chi connectivity index (χ0n) is 9.26. The Labute approximate surface area is 87.1 Å². The summed E-state index contributed by atoms with van der Waals surface area (Å²) in [5.41, 5.74) is 0.139. The van der Waals surface area contributed by atoms with Crippen LogP contribution in [0.2, 0.25) is 0 Å². The van der Waals surface area contributed by atoms with Gasteiger partial charge in [-0.1, -0.05) is 26.2 Å². The number of nitrogens with one attached hydrogen (secondary N) is 1. The number of aliphatic hydroxyl groups is 1. The fraction of sp³-hybridized carbons (Fsp3) is 1.00. The van der Waals surface area contributed by atoms with E-state index in [1.54, 1.807) is 0 Å². The molecule has 2 aliphatic carbocycles. The smallest absolute Gasteiger partial charge is 0.0613 e. The van der Waals surface area contributed by atoms with Crippen LogP contribution in [0, 0.1) is 5.92 Å². The number of hydrogen-bond donors (Lipinski definition) is 2. The summed E-state index contributed by atoms with van der Waals surface area (Å²) < 4.78 is 0. The maximum Gasteiger partial charge on any atom is 0.0613 e. The van der Waals surface area contributed by atoms with Crippen molar-refractivity contribution in [3.63, 3.8) is 0 Å². The predicted molar refractivity (Wildman–Crippen MR) is 58.2 cm³/mol. The first-order valence-corrected chi connectivity index (χ1v) is 6.16. The Balaban J connectivity index is 1.80. The molecule has 0 heterocycles. The largest absolute Gasteiger partial charge is 0.394 e. The predicted octanol–water partition coefficient (Wildman–Crippen LogP) is 2.07. The fourth-order valence-electron chi connectivity index (χ4n) is 2.72. The maximum atomic E-state index is 9.25. The van der Waals surface area contributed by atoms with E-state index in [0.717, 1.165) is 5.92 Å². The maximum absolute atomic E-state index is 9.25. The second-order valence-electron chi connectivity index (χ2n) is 5.22. The van der Waals surface area contributed by atoms with Crippen LogP contribution >= 0.6 is 0 Å². The van der Waals surface area contributed by atoms with Gasteiger partial charge in [0.05, 0.1) is 6.61 Å². The van der Waals surface area contributed by atoms with Crippen molar-refractivity contribution in [1.29, 1.82) is 0 Å². The van der Waals surface area contributed by atoms with Crippen LogP contribution in [0.3, 0.4) is 0 Å². The molecule has 2 atom stereocenters. The summed E-state index contributed by atoms with van der Waals surface area (Å²) in [6.07, 6.45) is 9.12. The molecule has 2 unspecified atom stereocenters. The first-order valence-electron chi connectivity index (χ1n) is 6.16. The first kappa shape index (κ1) is 10.4. The van der Waals surface area contributed by atoms with Crippen LogP contribution in [0.25, 0.3) is 0 Å². The molecular formula is C12H23NO. The normalized spacial score (nSPS) is 35.6. The standard InChI is InChI=1S/C12H23NO/c1-2-10-4-3-5-11(8-10)13-12(9-14)6-7-12/h10-11,13-14H,2-9H2,1H3. The van der Waals surface area contributed by atoms with Crippen molar-refractivity contribution < 1.29 is 5.11 Å². The van der Waals surface area contributed by atoms with E-state index < -0.39 is 0 Å². The van der Waals surface area contributed by atoms with Gasteiger partial charge in [-0.3, -0.25) is 0 Å². The summed E-state index contributed by atoms with van der Waals surface area (Å²) in [7, 11) is 0. The number of rotatable bonds is 4. The van der Waals surface area contributed by atoms with E-state index in [4.69, 9.17) is 0 Å². The molecule has 2 aliphatic rings. The Bertz CT molecular complexity index is 189. The van der Waals surface area contributed by atoms with Gasteiger partial charge >= 0.3 is 0 Å². The van der Waals surface area contributed by atoms with Crippen molar-refractivity contribution >= 4 is 0 Å². The minimum absolute atomic E-state index is 0.139. The summed E-state index contributed by atoms with van der Waals surface area (Å²) in [4.78, 5) is 0. The Morgan fingerprint density at radius 2 is 2.14 bits per heavy atom. The summed E-state index contributed by atoms with van der Waals surface area (Å²) >= 11 is 0. The van der Waals surface area contributed by atoms with Crippen molar-refractivity contribution in [2.45, 2.75) is 63.5 Å². The van der Waals surface area contributed by atoms with E-state index in [-0.39, 0.29) is 5.54 Å². The SMILES string of the molecule is CCC1CCCC(NC2(CO)CC2)C1. The van der Waals surface area contributed by atoms with Gasteiger partial charge in [0.15, 0.2) is 0 Å². The van der Waals surface area contributed by atoms with Gasteiger partial charge in [-0.05, 0) is 31.6 Å². The molecule has 0 aliphatic heterocycles. The molecule has 2 heteroatoms. The van der Waals surface area contributed by atoms with Gasteiger partial charge in [0.2, 0.25) is 0 Å². The molecule has 2 nitrogen and oxygen atoms in total. The molecule has 2 N–H and O–H groups in total. The molecule has 82 valence electrons. The fourth-order valence-corrected chi connectivity index (χ4v) is 2.72. The van der Waals surface area contributed by atoms with E-state index in [1.165, 1.54) is 44.9 Å². The Morgan fingerprint density at radius 1 is 1.36 bits per heavy atom. The summed E-state index contributed by atoms with van der Waals surface area (Å²) in [6.45, 7) is 2.63. The zero-order valence-corrected chi connectivity index (χ0v) is 9.26. The first-order chi connectivity index (χ1) is 6.78. The topological polar surface area (TPSA) is 32.3 Å². The van der Waals surface area contributed by atoms with Crippen molar-refractivity contribution in [2.24, 2.45) is 5.92 Å². The highest BCUT2D eigenvalue weighted by atomic mass is 16.3. The van der Waals surface area contributed by atoms with Gasteiger partial charge in [-0.2, -0.15) is 0 Å². The van der Waals surface area contributed by atoms with Crippen LogP contribution in [0.15, 0.2) is 0 Å². The average molecular weight is 197 g/mol. The van der Waals surface area contributed by atoms with Gasteiger partial charge in [-0.15, -0.1) is 0 Å².